The number of hydrogen-bond donors (Lipinski definition) is 1. The summed E-state index contributed by atoms with van der Waals surface area (Å²) in [4.78, 5) is 12.3. The van der Waals surface area contributed by atoms with E-state index in [1.54, 1.807) is 17.0 Å². The Morgan fingerprint density at radius 3 is 2.75 bits per heavy atom. The van der Waals surface area contributed by atoms with E-state index in [1.807, 2.05) is 13.0 Å². The van der Waals surface area contributed by atoms with E-state index in [9.17, 15) is 10.1 Å². The Kier molecular flexibility index (Phi) is 5.35. The highest BCUT2D eigenvalue weighted by Gasteiger charge is 2.16. The van der Waals surface area contributed by atoms with Gasteiger partial charge in [0.2, 0.25) is 0 Å². The van der Waals surface area contributed by atoms with Gasteiger partial charge in [-0.1, -0.05) is 6.07 Å². The zero-order chi connectivity index (χ0) is 14.4. The second-order valence-corrected chi connectivity index (χ2v) is 5.49. The molecular formula is C15H23N2O3+. The number of nitrogens with one attached hydrogen (secondary N) is 1. The molecule has 1 heterocycles. The van der Waals surface area contributed by atoms with E-state index in [-0.39, 0.29) is 10.6 Å². The highest BCUT2D eigenvalue weighted by Crippen LogP contribution is 2.27. The molecule has 0 aromatic heterocycles. The molecule has 1 N–H and O–H groups in total. The van der Waals surface area contributed by atoms with Crippen LogP contribution >= 0.6 is 0 Å². The fraction of sp³-hybridized carbons (Fsp3) is 0.600. The summed E-state index contributed by atoms with van der Waals surface area (Å²) in [6.45, 7) is 6.18. The maximum absolute atomic E-state index is 11.0. The first kappa shape index (κ1) is 14.8. The molecule has 20 heavy (non-hydrogen) atoms. The third-order valence-electron chi connectivity index (χ3n) is 3.80. The third kappa shape index (κ3) is 4.20. The van der Waals surface area contributed by atoms with Crippen LogP contribution in [0.5, 0.6) is 5.75 Å². The Balaban J connectivity index is 1.74. The van der Waals surface area contributed by atoms with Crippen LogP contribution in [-0.4, -0.2) is 31.2 Å². The molecule has 1 aliphatic rings. The highest BCUT2D eigenvalue weighted by molar-refractivity contribution is 5.48. The Labute approximate surface area is 119 Å². The molecule has 0 unspecified atom stereocenters. The molecule has 0 atom stereocenters. The van der Waals surface area contributed by atoms with Gasteiger partial charge in [-0.3, -0.25) is 10.1 Å². The van der Waals surface area contributed by atoms with Crippen molar-refractivity contribution in [1.82, 2.24) is 0 Å². The summed E-state index contributed by atoms with van der Waals surface area (Å²) in [6, 6.07) is 5.10. The van der Waals surface area contributed by atoms with Gasteiger partial charge >= 0.3 is 5.69 Å². The standard InChI is InChI=1S/C15H22N2O3/c1-13-6-7-15(14(12-13)17(18)19)20-11-5-4-10-16-8-2-3-9-16/h6-7,12H,2-5,8-11H2,1H3/p+1. The van der Waals surface area contributed by atoms with Crippen LogP contribution in [0.1, 0.15) is 31.2 Å². The molecular weight excluding hydrogens is 256 g/mol. The van der Waals surface area contributed by atoms with Gasteiger partial charge in [-0.25, -0.2) is 0 Å². The SMILES string of the molecule is Cc1ccc(OCCCC[NH+]2CCCC2)c([N+](=O)[O-])c1. The van der Waals surface area contributed by atoms with Crippen LogP contribution in [0.25, 0.3) is 0 Å². The van der Waals surface area contributed by atoms with Crippen molar-refractivity contribution in [2.24, 2.45) is 0 Å². The number of unbranched alkanes of at least 4 members (excludes halogenated alkanes) is 1. The molecule has 1 aromatic carbocycles. The number of nitro benzene ring substituents is 1. The number of ether oxygens (including phenoxy) is 1. The highest BCUT2D eigenvalue weighted by atomic mass is 16.6. The van der Waals surface area contributed by atoms with E-state index in [0.29, 0.717) is 12.4 Å². The van der Waals surface area contributed by atoms with Crippen LogP contribution in [0, 0.1) is 17.0 Å². The summed E-state index contributed by atoms with van der Waals surface area (Å²) in [5, 5.41) is 11.0. The lowest BCUT2D eigenvalue weighted by molar-refractivity contribution is -0.887. The number of nitrogens with zero attached hydrogens (tertiary/aromatic N) is 1. The van der Waals surface area contributed by atoms with Crippen LogP contribution in [-0.2, 0) is 0 Å². The van der Waals surface area contributed by atoms with Crippen molar-refractivity contribution in [3.63, 3.8) is 0 Å². The maximum Gasteiger partial charge on any atom is 0.311 e. The van der Waals surface area contributed by atoms with Gasteiger partial charge in [-0.05, 0) is 31.4 Å². The monoisotopic (exact) mass is 279 g/mol. The molecule has 5 heteroatoms. The lowest BCUT2D eigenvalue weighted by Crippen LogP contribution is -3.09. The van der Waals surface area contributed by atoms with E-state index < -0.39 is 0 Å². The molecule has 1 fully saturated rings. The minimum Gasteiger partial charge on any atom is -0.487 e. The first-order valence-electron chi connectivity index (χ1n) is 7.38. The van der Waals surface area contributed by atoms with Crippen LogP contribution in [0.2, 0.25) is 0 Å². The molecule has 1 saturated heterocycles. The van der Waals surface area contributed by atoms with Gasteiger partial charge in [0.15, 0.2) is 5.75 Å². The smallest absolute Gasteiger partial charge is 0.311 e. The zero-order valence-electron chi connectivity index (χ0n) is 12.1. The number of rotatable bonds is 7. The molecule has 1 aliphatic heterocycles. The summed E-state index contributed by atoms with van der Waals surface area (Å²) in [7, 11) is 0. The van der Waals surface area contributed by atoms with E-state index in [2.05, 4.69) is 0 Å². The Morgan fingerprint density at radius 1 is 1.30 bits per heavy atom. The summed E-state index contributed by atoms with van der Waals surface area (Å²) in [6.07, 6.45) is 4.77. The van der Waals surface area contributed by atoms with Crippen LogP contribution < -0.4 is 9.64 Å². The molecule has 0 bridgehead atoms. The lowest BCUT2D eigenvalue weighted by Gasteiger charge is -2.12. The molecule has 110 valence electrons. The van der Waals surface area contributed by atoms with Crippen LogP contribution in [0.3, 0.4) is 0 Å². The summed E-state index contributed by atoms with van der Waals surface area (Å²) < 4.78 is 5.57. The number of quaternary nitrogens is 1. The van der Waals surface area contributed by atoms with Gasteiger partial charge in [0.25, 0.3) is 0 Å². The van der Waals surface area contributed by atoms with Gasteiger partial charge in [-0.15, -0.1) is 0 Å². The molecule has 1 aromatic rings. The van der Waals surface area contributed by atoms with E-state index >= 15 is 0 Å². The number of hydrogen-bond acceptors (Lipinski definition) is 3. The van der Waals surface area contributed by atoms with E-state index in [4.69, 9.17) is 4.74 Å². The summed E-state index contributed by atoms with van der Waals surface area (Å²) in [5.41, 5.74) is 0.942. The van der Waals surface area contributed by atoms with Gasteiger partial charge in [0, 0.05) is 18.9 Å². The predicted octanol–water partition coefficient (Wildman–Crippen LogP) is 1.74. The largest absolute Gasteiger partial charge is 0.487 e. The van der Waals surface area contributed by atoms with Gasteiger partial charge < -0.3 is 9.64 Å². The van der Waals surface area contributed by atoms with Crippen LogP contribution in [0.4, 0.5) is 5.69 Å². The van der Waals surface area contributed by atoms with Crippen molar-refractivity contribution >= 4 is 5.69 Å². The molecule has 2 rings (SSSR count). The fourth-order valence-corrected chi connectivity index (χ4v) is 2.68. The van der Waals surface area contributed by atoms with Crippen molar-refractivity contribution in [3.8, 4) is 5.75 Å². The normalized spacial score (nSPS) is 15.4. The predicted molar refractivity (Wildman–Crippen MR) is 77.4 cm³/mol. The van der Waals surface area contributed by atoms with Crippen molar-refractivity contribution in [3.05, 3.63) is 33.9 Å². The Bertz CT molecular complexity index is 456. The number of benzene rings is 1. The molecule has 0 radical (unpaired) electrons. The Morgan fingerprint density at radius 2 is 2.05 bits per heavy atom. The summed E-state index contributed by atoms with van der Waals surface area (Å²) >= 11 is 0. The van der Waals surface area contributed by atoms with Crippen LogP contribution in [0.15, 0.2) is 18.2 Å². The van der Waals surface area contributed by atoms with E-state index in [0.717, 1.165) is 18.4 Å². The molecule has 0 aliphatic carbocycles. The third-order valence-corrected chi connectivity index (χ3v) is 3.80. The first-order valence-corrected chi connectivity index (χ1v) is 7.38. The Hall–Kier alpha value is -1.62. The lowest BCUT2D eigenvalue weighted by atomic mass is 10.2. The minimum absolute atomic E-state index is 0.0650. The van der Waals surface area contributed by atoms with Gasteiger partial charge in [-0.2, -0.15) is 0 Å². The molecule has 0 amide bonds. The second kappa shape index (κ2) is 7.24. The number of nitro groups is 1. The fourth-order valence-electron chi connectivity index (χ4n) is 2.68. The van der Waals surface area contributed by atoms with E-state index in [1.165, 1.54) is 32.5 Å². The second-order valence-electron chi connectivity index (χ2n) is 5.49. The average molecular weight is 279 g/mol. The number of likely N-dealkylation sites (tertiary alicyclic amines) is 1. The summed E-state index contributed by atoms with van der Waals surface area (Å²) in [5.74, 6) is 0.383. The molecule has 0 saturated carbocycles. The van der Waals surface area contributed by atoms with Crippen molar-refractivity contribution in [2.45, 2.75) is 32.6 Å². The van der Waals surface area contributed by atoms with Gasteiger partial charge in [0.1, 0.15) is 0 Å². The molecule has 5 nitrogen and oxygen atoms in total. The average Bonchev–Trinajstić information content (AvgIpc) is 2.92. The quantitative estimate of drug-likeness (QED) is 0.470. The first-order chi connectivity index (χ1) is 9.66. The van der Waals surface area contributed by atoms with Crippen molar-refractivity contribution < 1.29 is 14.6 Å². The van der Waals surface area contributed by atoms with Crippen molar-refractivity contribution in [2.75, 3.05) is 26.2 Å². The minimum atomic E-state index is -0.378. The topological polar surface area (TPSA) is 56.8 Å². The van der Waals surface area contributed by atoms with Gasteiger partial charge in [0.05, 0.1) is 31.2 Å². The maximum atomic E-state index is 11.0. The number of aryl methyl sites for hydroxylation is 1. The zero-order valence-corrected chi connectivity index (χ0v) is 12.1. The van der Waals surface area contributed by atoms with Crippen molar-refractivity contribution in [1.29, 1.82) is 0 Å². The molecule has 0 spiro atoms.